The highest BCUT2D eigenvalue weighted by molar-refractivity contribution is 7.89. The Labute approximate surface area is 228 Å². The van der Waals surface area contributed by atoms with E-state index in [4.69, 9.17) is 14.2 Å². The van der Waals surface area contributed by atoms with Crippen LogP contribution in [0.3, 0.4) is 0 Å². The minimum absolute atomic E-state index is 0.159. The second-order valence-electron chi connectivity index (χ2n) is 9.76. The molecule has 0 unspecified atom stereocenters. The summed E-state index contributed by atoms with van der Waals surface area (Å²) in [5.41, 5.74) is 1.14. The number of ether oxygens (including phenoxy) is 3. The SMILES string of the molecule is COCCn1c(=NC(=O)c2ccc(S(=O)(=O)N(CC(C)C)CC(C)C)cc2)sc2cc(OC)c(OC)cc21. The summed E-state index contributed by atoms with van der Waals surface area (Å²) in [6.45, 7) is 9.74. The van der Waals surface area contributed by atoms with Gasteiger partial charge in [0.15, 0.2) is 16.3 Å². The van der Waals surface area contributed by atoms with Gasteiger partial charge >= 0.3 is 0 Å². The van der Waals surface area contributed by atoms with Crippen LogP contribution in [0.4, 0.5) is 0 Å². The summed E-state index contributed by atoms with van der Waals surface area (Å²) in [5.74, 6) is 1.07. The number of hydrogen-bond acceptors (Lipinski definition) is 7. The van der Waals surface area contributed by atoms with E-state index < -0.39 is 15.9 Å². The fourth-order valence-corrected chi connectivity index (χ4v) is 6.87. The average molecular weight is 564 g/mol. The summed E-state index contributed by atoms with van der Waals surface area (Å²) in [5, 5.41) is 0. The summed E-state index contributed by atoms with van der Waals surface area (Å²) < 4.78 is 47.0. The molecule has 1 amide bonds. The Balaban J connectivity index is 1.99. The molecule has 0 spiro atoms. The molecule has 0 atom stereocenters. The summed E-state index contributed by atoms with van der Waals surface area (Å²) in [4.78, 5) is 18.2. The van der Waals surface area contributed by atoms with Gasteiger partial charge in [0.1, 0.15) is 0 Å². The average Bonchev–Trinajstić information content (AvgIpc) is 3.20. The van der Waals surface area contributed by atoms with E-state index in [1.54, 1.807) is 21.3 Å². The minimum atomic E-state index is -3.69. The number of sulfonamides is 1. The number of nitrogens with zero attached hydrogens (tertiary/aromatic N) is 3. The first-order chi connectivity index (χ1) is 18.0. The second-order valence-corrected chi connectivity index (χ2v) is 12.7. The van der Waals surface area contributed by atoms with Crippen molar-refractivity contribution < 1.29 is 27.4 Å². The Morgan fingerprint density at radius 2 is 1.55 bits per heavy atom. The van der Waals surface area contributed by atoms with Gasteiger partial charge in [0.25, 0.3) is 5.91 Å². The topological polar surface area (TPSA) is 99.4 Å². The van der Waals surface area contributed by atoms with Crippen LogP contribution in [0.5, 0.6) is 11.5 Å². The zero-order valence-electron chi connectivity index (χ0n) is 23.1. The van der Waals surface area contributed by atoms with Gasteiger partial charge in [-0.2, -0.15) is 9.30 Å². The van der Waals surface area contributed by atoms with Crippen LogP contribution in [0, 0.1) is 11.8 Å². The number of amides is 1. The normalized spacial score (nSPS) is 12.7. The molecule has 208 valence electrons. The number of benzene rings is 2. The second kappa shape index (κ2) is 12.9. The number of hydrogen-bond donors (Lipinski definition) is 0. The van der Waals surface area contributed by atoms with E-state index >= 15 is 0 Å². The molecular formula is C27H37N3O6S2. The maximum absolute atomic E-state index is 13.3. The third kappa shape index (κ3) is 6.82. The Kier molecular flexibility index (Phi) is 10.1. The third-order valence-corrected chi connectivity index (χ3v) is 8.67. The molecule has 1 heterocycles. The molecule has 0 radical (unpaired) electrons. The molecule has 0 saturated heterocycles. The van der Waals surface area contributed by atoms with Crippen molar-refractivity contribution in [1.29, 1.82) is 0 Å². The van der Waals surface area contributed by atoms with Crippen molar-refractivity contribution in [1.82, 2.24) is 8.87 Å². The quantitative estimate of drug-likeness (QED) is 0.324. The Hall–Kier alpha value is -2.73. The molecule has 0 saturated carbocycles. The molecule has 0 aliphatic carbocycles. The Morgan fingerprint density at radius 1 is 0.974 bits per heavy atom. The van der Waals surface area contributed by atoms with E-state index in [9.17, 15) is 13.2 Å². The number of aromatic nitrogens is 1. The van der Waals surface area contributed by atoms with Crippen molar-refractivity contribution in [2.24, 2.45) is 16.8 Å². The van der Waals surface area contributed by atoms with Crippen LogP contribution in [-0.2, 0) is 21.3 Å². The monoisotopic (exact) mass is 563 g/mol. The maximum Gasteiger partial charge on any atom is 0.279 e. The van der Waals surface area contributed by atoms with Gasteiger partial charge in [-0.15, -0.1) is 0 Å². The van der Waals surface area contributed by atoms with Crippen LogP contribution in [0.15, 0.2) is 46.3 Å². The van der Waals surface area contributed by atoms with Gasteiger partial charge in [0.2, 0.25) is 10.0 Å². The van der Waals surface area contributed by atoms with E-state index in [1.165, 1.54) is 39.9 Å². The van der Waals surface area contributed by atoms with Gasteiger partial charge in [-0.05, 0) is 36.1 Å². The lowest BCUT2D eigenvalue weighted by Gasteiger charge is -2.25. The summed E-state index contributed by atoms with van der Waals surface area (Å²) in [7, 11) is 1.06. The van der Waals surface area contributed by atoms with Crippen molar-refractivity contribution in [2.75, 3.05) is 41.0 Å². The third-order valence-electron chi connectivity index (χ3n) is 5.78. The predicted molar refractivity (Wildman–Crippen MR) is 150 cm³/mol. The Morgan fingerprint density at radius 3 is 2.08 bits per heavy atom. The van der Waals surface area contributed by atoms with E-state index in [0.717, 1.165) is 10.2 Å². The fraction of sp³-hybridized carbons (Fsp3) is 0.481. The number of fused-ring (bicyclic) bond motifs is 1. The van der Waals surface area contributed by atoms with Crippen molar-refractivity contribution in [2.45, 2.75) is 39.1 Å². The molecular weight excluding hydrogens is 526 g/mol. The molecule has 0 aliphatic heterocycles. The van der Waals surface area contributed by atoms with Gasteiger partial charge < -0.3 is 18.8 Å². The number of thiazole rings is 1. The lowest BCUT2D eigenvalue weighted by Crippen LogP contribution is -2.37. The van der Waals surface area contributed by atoms with Gasteiger partial charge in [-0.1, -0.05) is 39.0 Å². The van der Waals surface area contributed by atoms with Crippen LogP contribution >= 0.6 is 11.3 Å². The lowest BCUT2D eigenvalue weighted by atomic mass is 10.2. The molecule has 0 N–H and O–H groups in total. The van der Waals surface area contributed by atoms with Gasteiger partial charge in [0, 0.05) is 44.4 Å². The first-order valence-electron chi connectivity index (χ1n) is 12.4. The molecule has 0 bridgehead atoms. The first kappa shape index (κ1) is 29.8. The standard InChI is InChI=1S/C27H37N3O6S2/c1-18(2)16-29(17-19(3)4)38(32,33)21-10-8-20(9-11-21)26(31)28-27-30(12-13-34-5)22-14-23(35-6)24(36-7)15-25(22)37-27/h8-11,14-15,18-19H,12-13,16-17H2,1-7H3. The molecule has 0 aliphatic rings. The number of methoxy groups -OCH3 is 3. The fourth-order valence-electron chi connectivity index (χ4n) is 4.04. The highest BCUT2D eigenvalue weighted by Crippen LogP contribution is 2.33. The molecule has 9 nitrogen and oxygen atoms in total. The van der Waals surface area contributed by atoms with Gasteiger partial charge in [-0.25, -0.2) is 8.42 Å². The van der Waals surface area contributed by atoms with Crippen LogP contribution < -0.4 is 14.3 Å². The summed E-state index contributed by atoms with van der Waals surface area (Å²) in [6.07, 6.45) is 0. The van der Waals surface area contributed by atoms with Crippen molar-refractivity contribution >= 4 is 37.5 Å². The van der Waals surface area contributed by atoms with E-state index in [0.29, 0.717) is 48.1 Å². The van der Waals surface area contributed by atoms with E-state index in [2.05, 4.69) is 4.99 Å². The van der Waals surface area contributed by atoms with E-state index in [1.807, 2.05) is 44.4 Å². The molecule has 38 heavy (non-hydrogen) atoms. The number of rotatable bonds is 12. The smallest absolute Gasteiger partial charge is 0.279 e. The highest BCUT2D eigenvalue weighted by Gasteiger charge is 2.26. The molecule has 11 heteroatoms. The summed E-state index contributed by atoms with van der Waals surface area (Å²) >= 11 is 1.35. The Bertz CT molecular complexity index is 1410. The van der Waals surface area contributed by atoms with Crippen LogP contribution in [-0.4, -0.2) is 64.2 Å². The molecule has 0 fully saturated rings. The largest absolute Gasteiger partial charge is 0.493 e. The number of carbonyl (C=O) groups is 1. The van der Waals surface area contributed by atoms with Crippen LogP contribution in [0.2, 0.25) is 0 Å². The van der Waals surface area contributed by atoms with Crippen LogP contribution in [0.1, 0.15) is 38.1 Å². The number of carbonyl (C=O) groups excluding carboxylic acids is 1. The predicted octanol–water partition coefficient (Wildman–Crippen LogP) is 4.41. The van der Waals surface area contributed by atoms with Crippen molar-refractivity contribution in [3.63, 3.8) is 0 Å². The van der Waals surface area contributed by atoms with Gasteiger partial charge in [-0.3, -0.25) is 4.79 Å². The zero-order valence-corrected chi connectivity index (χ0v) is 24.7. The molecule has 3 aromatic rings. The zero-order chi connectivity index (χ0) is 28.0. The van der Waals surface area contributed by atoms with E-state index in [-0.39, 0.29) is 16.7 Å². The summed E-state index contributed by atoms with van der Waals surface area (Å²) in [6, 6.07) is 9.69. The lowest BCUT2D eigenvalue weighted by molar-refractivity contribution is 0.0997. The first-order valence-corrected chi connectivity index (χ1v) is 14.7. The maximum atomic E-state index is 13.3. The van der Waals surface area contributed by atoms with Crippen LogP contribution in [0.25, 0.3) is 10.2 Å². The molecule has 1 aromatic heterocycles. The van der Waals surface area contributed by atoms with Crippen molar-refractivity contribution in [3.8, 4) is 11.5 Å². The van der Waals surface area contributed by atoms with Gasteiger partial charge in [0.05, 0.1) is 35.9 Å². The highest BCUT2D eigenvalue weighted by atomic mass is 32.2. The minimum Gasteiger partial charge on any atom is -0.493 e. The van der Waals surface area contributed by atoms with Crippen molar-refractivity contribution in [3.05, 3.63) is 46.8 Å². The molecule has 2 aromatic carbocycles. The molecule has 3 rings (SSSR count).